The maximum absolute atomic E-state index is 12.6. The Morgan fingerprint density at radius 3 is 1.24 bits per heavy atom. The number of nitrogens with two attached hydrogens (primary N) is 2. The SMILES string of the molecule is Cc1ccc(S(=O)(=O)OCC2CC(c3nc(-c4ccc5ccc(-c6ccccc6)nc5c4)c4c(N)nccn34)C2)cc1.Cc1ccc(S(=O)(=O)OCC2CC(c3nc(-c4ccc5ccc(-c6ccccc6)nc5c4)c4c(N)nccn34)C2)cc1. The van der Waals surface area contributed by atoms with Gasteiger partial charge in [0.1, 0.15) is 45.7 Å². The van der Waals surface area contributed by atoms with E-state index in [2.05, 4.69) is 58.5 Å². The molecule has 0 amide bonds. The van der Waals surface area contributed by atoms with Crippen LogP contribution < -0.4 is 11.5 Å². The molecule has 0 atom stereocenters. The van der Waals surface area contributed by atoms with Crippen LogP contribution in [0.15, 0.2) is 204 Å². The van der Waals surface area contributed by atoms with E-state index in [1.54, 1.807) is 60.9 Å². The summed E-state index contributed by atoms with van der Waals surface area (Å²) in [5.41, 5.74) is 25.3. The van der Waals surface area contributed by atoms with Crippen molar-refractivity contribution in [2.75, 3.05) is 24.7 Å². The van der Waals surface area contributed by atoms with Gasteiger partial charge < -0.3 is 11.5 Å². The Morgan fingerprint density at radius 2 is 0.845 bits per heavy atom. The highest BCUT2D eigenvalue weighted by Gasteiger charge is 2.37. The minimum Gasteiger partial charge on any atom is -0.382 e. The van der Waals surface area contributed by atoms with Gasteiger partial charge in [0.25, 0.3) is 20.2 Å². The zero-order valence-electron chi connectivity index (χ0n) is 46.0. The fraction of sp³-hybridized carbons (Fsp3) is 0.182. The summed E-state index contributed by atoms with van der Waals surface area (Å²) in [4.78, 5) is 29.1. The Balaban J connectivity index is 0.000000157. The molecule has 14 rings (SSSR count). The van der Waals surface area contributed by atoms with E-state index in [0.717, 1.165) is 126 Å². The second-order valence-corrected chi connectivity index (χ2v) is 25.0. The Hall–Kier alpha value is -9.20. The van der Waals surface area contributed by atoms with Crippen LogP contribution in [0.2, 0.25) is 0 Å². The monoisotopic (exact) mass is 1150 g/mol. The fourth-order valence-corrected chi connectivity index (χ4v) is 13.3. The molecule has 0 spiro atoms. The molecular formula is C66H58N10O6S2. The minimum atomic E-state index is -3.79. The number of aryl methyl sites for hydroxylation is 2. The molecule has 16 nitrogen and oxygen atoms in total. The quantitative estimate of drug-likeness (QED) is 0.0966. The molecule has 2 saturated carbocycles. The topological polar surface area (TPSA) is 225 Å². The number of benzene rings is 6. The summed E-state index contributed by atoms with van der Waals surface area (Å²) in [6.45, 7) is 4.12. The van der Waals surface area contributed by atoms with Crippen LogP contribution in [-0.4, -0.2) is 68.8 Å². The lowest BCUT2D eigenvalue weighted by Crippen LogP contribution is -2.28. The predicted octanol–water partition coefficient (Wildman–Crippen LogP) is 12.8. The molecule has 0 unspecified atom stereocenters. The van der Waals surface area contributed by atoms with E-state index < -0.39 is 20.2 Å². The standard InChI is InChI=1S/2C33H29N5O3S/c2*1-21-7-12-27(13-8-21)42(39,40)41-20-22-17-26(18-22)33-37-30(31-32(34)35-15-16-38(31)33)25-10-9-24-11-14-28(36-29(24)19-25)23-5-3-2-4-6-23/h2*2-16,19,22,26H,17-18,20H2,1H3,(H2,34,35). The number of hydrogen-bond donors (Lipinski definition) is 2. The van der Waals surface area contributed by atoms with Crippen molar-refractivity contribution < 1.29 is 25.2 Å². The van der Waals surface area contributed by atoms with Crippen LogP contribution in [0.4, 0.5) is 11.6 Å². The van der Waals surface area contributed by atoms with Crippen LogP contribution in [-0.2, 0) is 28.6 Å². The third kappa shape index (κ3) is 10.8. The Morgan fingerprint density at radius 1 is 0.464 bits per heavy atom. The highest BCUT2D eigenvalue weighted by molar-refractivity contribution is 7.87. The molecule has 2 fully saturated rings. The molecule has 0 bridgehead atoms. The molecule has 6 heterocycles. The number of nitrogens with zero attached hydrogens (tertiary/aromatic N) is 8. The maximum Gasteiger partial charge on any atom is 0.296 e. The smallest absolute Gasteiger partial charge is 0.296 e. The second-order valence-electron chi connectivity index (χ2n) is 21.8. The van der Waals surface area contributed by atoms with Crippen molar-refractivity contribution in [1.82, 2.24) is 38.7 Å². The van der Waals surface area contributed by atoms with Gasteiger partial charge in [-0.3, -0.25) is 17.2 Å². The molecule has 18 heteroatoms. The van der Waals surface area contributed by atoms with E-state index >= 15 is 0 Å². The third-order valence-corrected chi connectivity index (χ3v) is 18.6. The summed E-state index contributed by atoms with van der Waals surface area (Å²) in [7, 11) is -7.59. The summed E-state index contributed by atoms with van der Waals surface area (Å²) in [6, 6.07) is 54.1. The van der Waals surface area contributed by atoms with Crippen molar-refractivity contribution in [3.8, 4) is 45.0 Å². The second kappa shape index (κ2) is 22.2. The molecule has 0 aliphatic heterocycles. The van der Waals surface area contributed by atoms with Gasteiger partial charge in [-0.05, 0) is 99.9 Å². The lowest BCUT2D eigenvalue weighted by molar-refractivity contribution is 0.158. The van der Waals surface area contributed by atoms with Gasteiger partial charge in [-0.2, -0.15) is 16.8 Å². The van der Waals surface area contributed by atoms with Gasteiger partial charge in [0, 0.05) is 69.6 Å². The molecule has 2 aliphatic rings. The summed E-state index contributed by atoms with van der Waals surface area (Å²) in [5.74, 6) is 3.11. The first-order valence-corrected chi connectivity index (χ1v) is 30.6. The number of pyridine rings is 2. The number of fused-ring (bicyclic) bond motifs is 4. The Labute approximate surface area is 486 Å². The first-order valence-electron chi connectivity index (χ1n) is 27.8. The average molecular weight is 1150 g/mol. The molecular weight excluding hydrogens is 1090 g/mol. The van der Waals surface area contributed by atoms with Gasteiger partial charge in [0.05, 0.1) is 45.4 Å². The van der Waals surface area contributed by atoms with Crippen LogP contribution in [0.1, 0.15) is 60.3 Å². The first kappa shape index (κ1) is 54.1. The Kier molecular flexibility index (Phi) is 14.3. The highest BCUT2D eigenvalue weighted by atomic mass is 32.2. The predicted molar refractivity (Wildman–Crippen MR) is 327 cm³/mol. The molecule has 0 radical (unpaired) electrons. The van der Waals surface area contributed by atoms with E-state index in [9.17, 15) is 16.8 Å². The number of aromatic nitrogens is 8. The molecule has 12 aromatic rings. The minimum absolute atomic E-state index is 0.117. The molecule has 420 valence electrons. The van der Waals surface area contributed by atoms with Crippen molar-refractivity contribution in [2.45, 2.75) is 61.2 Å². The maximum atomic E-state index is 12.6. The van der Waals surface area contributed by atoms with Crippen molar-refractivity contribution in [1.29, 1.82) is 0 Å². The Bertz CT molecular complexity index is 4370. The zero-order chi connectivity index (χ0) is 57.7. The van der Waals surface area contributed by atoms with Crippen LogP contribution in [0.5, 0.6) is 0 Å². The number of nitrogen functional groups attached to an aromatic ring is 2. The summed E-state index contributed by atoms with van der Waals surface area (Å²) in [6.07, 6.45) is 10.2. The molecule has 0 saturated heterocycles. The third-order valence-electron chi connectivity index (χ3n) is 16.0. The largest absolute Gasteiger partial charge is 0.382 e. The van der Waals surface area contributed by atoms with E-state index in [1.165, 1.54) is 0 Å². The normalized spacial score (nSPS) is 17.0. The summed E-state index contributed by atoms with van der Waals surface area (Å²) in [5, 5.41) is 2.08. The number of hydrogen-bond acceptors (Lipinski definition) is 14. The number of rotatable bonds is 14. The van der Waals surface area contributed by atoms with Gasteiger partial charge in [-0.1, -0.05) is 132 Å². The van der Waals surface area contributed by atoms with E-state index in [1.807, 2.05) is 108 Å². The van der Waals surface area contributed by atoms with Crippen molar-refractivity contribution in [3.63, 3.8) is 0 Å². The van der Waals surface area contributed by atoms with Crippen LogP contribution in [0.25, 0.3) is 77.9 Å². The van der Waals surface area contributed by atoms with Crippen molar-refractivity contribution in [2.24, 2.45) is 11.8 Å². The number of anilines is 2. The molecule has 6 aromatic heterocycles. The molecule has 2 aliphatic carbocycles. The van der Waals surface area contributed by atoms with Gasteiger partial charge in [-0.15, -0.1) is 0 Å². The highest BCUT2D eigenvalue weighted by Crippen LogP contribution is 2.45. The molecule has 4 N–H and O–H groups in total. The zero-order valence-corrected chi connectivity index (χ0v) is 47.7. The van der Waals surface area contributed by atoms with Crippen molar-refractivity contribution in [3.05, 3.63) is 217 Å². The molecule has 84 heavy (non-hydrogen) atoms. The van der Waals surface area contributed by atoms with Gasteiger partial charge in [0.2, 0.25) is 0 Å². The van der Waals surface area contributed by atoms with E-state index in [0.29, 0.717) is 11.6 Å². The average Bonchev–Trinajstić information content (AvgIpc) is 2.45. The summed E-state index contributed by atoms with van der Waals surface area (Å²) >= 11 is 0. The molecule has 6 aromatic carbocycles. The van der Waals surface area contributed by atoms with Gasteiger partial charge >= 0.3 is 0 Å². The van der Waals surface area contributed by atoms with E-state index in [4.69, 9.17) is 39.8 Å². The van der Waals surface area contributed by atoms with Gasteiger partial charge in [-0.25, -0.2) is 29.9 Å². The van der Waals surface area contributed by atoms with Crippen molar-refractivity contribution >= 4 is 64.7 Å². The van der Waals surface area contributed by atoms with Gasteiger partial charge in [0.15, 0.2) is 0 Å². The fourth-order valence-electron chi connectivity index (χ4n) is 11.3. The van der Waals surface area contributed by atoms with Crippen LogP contribution in [0, 0.1) is 25.7 Å². The summed E-state index contributed by atoms with van der Waals surface area (Å²) < 4.78 is 65.4. The van der Waals surface area contributed by atoms with E-state index in [-0.39, 0.29) is 46.7 Å². The lowest BCUT2D eigenvalue weighted by atomic mass is 9.75. The first-order chi connectivity index (χ1) is 40.7. The van der Waals surface area contributed by atoms with Crippen LogP contribution in [0.3, 0.4) is 0 Å². The lowest BCUT2D eigenvalue weighted by Gasteiger charge is -2.34. The van der Waals surface area contributed by atoms with Crippen LogP contribution >= 0.6 is 0 Å². The number of imidazole rings is 2.